The Bertz CT molecular complexity index is 203. The molecule has 0 aromatic heterocycles. The summed E-state index contributed by atoms with van der Waals surface area (Å²) < 4.78 is 5.27. The van der Waals surface area contributed by atoms with E-state index in [-0.39, 0.29) is 0 Å². The Labute approximate surface area is 113 Å². The van der Waals surface area contributed by atoms with E-state index in [9.17, 15) is 0 Å². The SMILES string of the molecule is CCCNC(CC)C(C)N1CCC(COC)CC1. The fourth-order valence-corrected chi connectivity index (χ4v) is 3.00. The third kappa shape index (κ3) is 4.87. The molecule has 1 aliphatic heterocycles. The second kappa shape index (κ2) is 8.89. The molecule has 2 unspecified atom stereocenters. The highest BCUT2D eigenvalue weighted by Crippen LogP contribution is 2.20. The van der Waals surface area contributed by atoms with E-state index in [1.54, 1.807) is 0 Å². The number of ether oxygens (including phenoxy) is 1. The van der Waals surface area contributed by atoms with Crippen molar-refractivity contribution in [3.8, 4) is 0 Å². The molecule has 18 heavy (non-hydrogen) atoms. The molecular formula is C15H32N2O. The summed E-state index contributed by atoms with van der Waals surface area (Å²) in [5.74, 6) is 0.780. The number of piperidine rings is 1. The van der Waals surface area contributed by atoms with Gasteiger partial charge in [0, 0.05) is 25.8 Å². The van der Waals surface area contributed by atoms with Crippen LogP contribution in [0.2, 0.25) is 0 Å². The lowest BCUT2D eigenvalue weighted by Gasteiger charge is -2.39. The summed E-state index contributed by atoms with van der Waals surface area (Å²) in [4.78, 5) is 2.66. The molecule has 0 aromatic carbocycles. The topological polar surface area (TPSA) is 24.5 Å². The molecule has 1 N–H and O–H groups in total. The van der Waals surface area contributed by atoms with E-state index in [0.717, 1.165) is 19.1 Å². The highest BCUT2D eigenvalue weighted by Gasteiger charge is 2.26. The van der Waals surface area contributed by atoms with Crippen LogP contribution in [-0.4, -0.2) is 50.3 Å². The van der Waals surface area contributed by atoms with E-state index in [0.29, 0.717) is 12.1 Å². The molecule has 3 nitrogen and oxygen atoms in total. The number of methoxy groups -OCH3 is 1. The summed E-state index contributed by atoms with van der Waals surface area (Å²) in [6, 6.07) is 1.30. The maximum absolute atomic E-state index is 5.27. The average Bonchev–Trinajstić information content (AvgIpc) is 2.40. The Morgan fingerprint density at radius 2 is 1.94 bits per heavy atom. The number of likely N-dealkylation sites (tertiary alicyclic amines) is 1. The number of hydrogen-bond acceptors (Lipinski definition) is 3. The zero-order chi connectivity index (χ0) is 13.4. The van der Waals surface area contributed by atoms with E-state index >= 15 is 0 Å². The van der Waals surface area contributed by atoms with Crippen molar-refractivity contribution in [1.29, 1.82) is 0 Å². The Hall–Kier alpha value is -0.120. The van der Waals surface area contributed by atoms with Gasteiger partial charge in [0.25, 0.3) is 0 Å². The zero-order valence-corrected chi connectivity index (χ0v) is 12.7. The standard InChI is InChI=1S/C15H32N2O/c1-5-9-16-15(6-2)13(3)17-10-7-14(8-11-17)12-18-4/h13-16H,5-12H2,1-4H3. The highest BCUT2D eigenvalue weighted by molar-refractivity contribution is 4.83. The molecule has 1 rings (SSSR count). The third-order valence-corrected chi connectivity index (χ3v) is 4.31. The molecule has 3 heteroatoms. The van der Waals surface area contributed by atoms with Gasteiger partial charge in [0.1, 0.15) is 0 Å². The zero-order valence-electron chi connectivity index (χ0n) is 12.7. The van der Waals surface area contributed by atoms with E-state index in [1.165, 1.54) is 38.8 Å². The first kappa shape index (κ1) is 15.9. The average molecular weight is 256 g/mol. The van der Waals surface area contributed by atoms with Gasteiger partial charge in [0.15, 0.2) is 0 Å². The van der Waals surface area contributed by atoms with Crippen LogP contribution in [0.15, 0.2) is 0 Å². The van der Waals surface area contributed by atoms with Crippen LogP contribution < -0.4 is 5.32 Å². The maximum atomic E-state index is 5.27. The van der Waals surface area contributed by atoms with Gasteiger partial charge >= 0.3 is 0 Å². The lowest BCUT2D eigenvalue weighted by molar-refractivity contribution is 0.0726. The Kier molecular flexibility index (Phi) is 7.87. The van der Waals surface area contributed by atoms with Crippen LogP contribution in [-0.2, 0) is 4.74 Å². The molecule has 0 aromatic rings. The fraction of sp³-hybridized carbons (Fsp3) is 1.00. The first-order valence-corrected chi connectivity index (χ1v) is 7.69. The molecular weight excluding hydrogens is 224 g/mol. The number of rotatable bonds is 8. The van der Waals surface area contributed by atoms with Gasteiger partial charge < -0.3 is 10.1 Å². The molecule has 1 aliphatic rings. The lowest BCUT2D eigenvalue weighted by atomic mass is 9.95. The molecule has 0 amide bonds. The molecule has 0 bridgehead atoms. The van der Waals surface area contributed by atoms with Crippen LogP contribution in [0.3, 0.4) is 0 Å². The van der Waals surface area contributed by atoms with Crippen molar-refractivity contribution in [3.05, 3.63) is 0 Å². The number of nitrogens with zero attached hydrogens (tertiary/aromatic N) is 1. The minimum atomic E-state index is 0.643. The van der Waals surface area contributed by atoms with Crippen molar-refractivity contribution in [3.63, 3.8) is 0 Å². The molecule has 0 spiro atoms. The van der Waals surface area contributed by atoms with Crippen molar-refractivity contribution in [2.75, 3.05) is 33.4 Å². The van der Waals surface area contributed by atoms with E-state index in [1.807, 2.05) is 7.11 Å². The molecule has 0 aliphatic carbocycles. The van der Waals surface area contributed by atoms with Crippen LogP contribution in [0, 0.1) is 5.92 Å². The quantitative estimate of drug-likeness (QED) is 0.722. The predicted octanol–water partition coefficient (Wildman–Crippen LogP) is 2.51. The third-order valence-electron chi connectivity index (χ3n) is 4.31. The predicted molar refractivity (Wildman–Crippen MR) is 78.0 cm³/mol. The molecule has 108 valence electrons. The summed E-state index contributed by atoms with van der Waals surface area (Å²) >= 11 is 0. The van der Waals surface area contributed by atoms with Gasteiger partial charge in [0.05, 0.1) is 0 Å². The van der Waals surface area contributed by atoms with E-state index in [4.69, 9.17) is 4.74 Å². The van der Waals surface area contributed by atoms with Crippen LogP contribution in [0.5, 0.6) is 0 Å². The summed E-state index contributed by atoms with van der Waals surface area (Å²) in [7, 11) is 1.82. The Balaban J connectivity index is 2.35. The molecule has 0 saturated carbocycles. The van der Waals surface area contributed by atoms with Crippen molar-refractivity contribution in [1.82, 2.24) is 10.2 Å². The Morgan fingerprint density at radius 3 is 2.44 bits per heavy atom. The molecule has 0 radical (unpaired) electrons. The maximum Gasteiger partial charge on any atom is 0.0491 e. The van der Waals surface area contributed by atoms with Crippen LogP contribution >= 0.6 is 0 Å². The second-order valence-electron chi connectivity index (χ2n) is 5.64. The summed E-state index contributed by atoms with van der Waals surface area (Å²) in [5.41, 5.74) is 0. The monoisotopic (exact) mass is 256 g/mol. The lowest BCUT2D eigenvalue weighted by Crippen LogP contribution is -2.51. The molecule has 1 fully saturated rings. The minimum absolute atomic E-state index is 0.643. The van der Waals surface area contributed by atoms with Gasteiger partial charge in [-0.1, -0.05) is 13.8 Å². The highest BCUT2D eigenvalue weighted by atomic mass is 16.5. The van der Waals surface area contributed by atoms with E-state index in [2.05, 4.69) is 31.0 Å². The molecule has 1 saturated heterocycles. The van der Waals surface area contributed by atoms with Crippen molar-refractivity contribution in [2.45, 2.75) is 58.5 Å². The van der Waals surface area contributed by atoms with E-state index < -0.39 is 0 Å². The van der Waals surface area contributed by atoms with Gasteiger partial charge in [-0.3, -0.25) is 4.90 Å². The molecule has 1 heterocycles. The van der Waals surface area contributed by atoms with Gasteiger partial charge in [-0.25, -0.2) is 0 Å². The summed E-state index contributed by atoms with van der Waals surface area (Å²) in [5, 5.41) is 3.69. The van der Waals surface area contributed by atoms with Crippen molar-refractivity contribution < 1.29 is 4.74 Å². The normalized spacial score (nSPS) is 22.0. The van der Waals surface area contributed by atoms with Gasteiger partial charge in [0.2, 0.25) is 0 Å². The minimum Gasteiger partial charge on any atom is -0.384 e. The van der Waals surface area contributed by atoms with Crippen molar-refractivity contribution in [2.24, 2.45) is 5.92 Å². The van der Waals surface area contributed by atoms with Gasteiger partial charge in [-0.2, -0.15) is 0 Å². The van der Waals surface area contributed by atoms with Crippen LogP contribution in [0.1, 0.15) is 46.5 Å². The number of hydrogen-bond donors (Lipinski definition) is 1. The second-order valence-corrected chi connectivity index (χ2v) is 5.64. The van der Waals surface area contributed by atoms with Gasteiger partial charge in [-0.15, -0.1) is 0 Å². The largest absolute Gasteiger partial charge is 0.384 e. The van der Waals surface area contributed by atoms with Crippen molar-refractivity contribution >= 4 is 0 Å². The summed E-state index contributed by atoms with van der Waals surface area (Å²) in [6.45, 7) is 11.5. The number of nitrogens with one attached hydrogen (secondary N) is 1. The first-order chi connectivity index (χ1) is 8.72. The first-order valence-electron chi connectivity index (χ1n) is 7.69. The van der Waals surface area contributed by atoms with Gasteiger partial charge in [-0.05, 0) is 58.2 Å². The van der Waals surface area contributed by atoms with Crippen LogP contribution in [0.4, 0.5) is 0 Å². The Morgan fingerprint density at radius 1 is 1.28 bits per heavy atom. The smallest absolute Gasteiger partial charge is 0.0491 e. The van der Waals surface area contributed by atoms with Crippen LogP contribution in [0.25, 0.3) is 0 Å². The fourth-order valence-electron chi connectivity index (χ4n) is 3.00. The summed E-state index contributed by atoms with van der Waals surface area (Å²) in [6.07, 6.45) is 5.03. The molecule has 2 atom stereocenters.